The van der Waals surface area contributed by atoms with Crippen molar-refractivity contribution in [3.8, 4) is 11.1 Å². The summed E-state index contributed by atoms with van der Waals surface area (Å²) in [7, 11) is -3.68. The van der Waals surface area contributed by atoms with Crippen LogP contribution in [0.25, 0.3) is 11.1 Å². The predicted octanol–water partition coefficient (Wildman–Crippen LogP) is 3.17. The number of carbonyl (C=O) groups is 1. The molecule has 2 aromatic rings. The number of amides is 1. The summed E-state index contributed by atoms with van der Waals surface area (Å²) >= 11 is 0. The normalized spacial score (nSPS) is 25.1. The van der Waals surface area contributed by atoms with Gasteiger partial charge in [-0.2, -0.15) is 4.31 Å². The lowest BCUT2D eigenvalue weighted by Crippen LogP contribution is -2.48. The van der Waals surface area contributed by atoms with Crippen LogP contribution in [0.15, 0.2) is 59.5 Å². The van der Waals surface area contributed by atoms with Gasteiger partial charge >= 0.3 is 0 Å². The van der Waals surface area contributed by atoms with Gasteiger partial charge in [0.1, 0.15) is 0 Å². The van der Waals surface area contributed by atoms with Gasteiger partial charge in [-0.05, 0) is 61.8 Å². The molecule has 0 spiro atoms. The lowest BCUT2D eigenvalue weighted by molar-refractivity contribution is -0.127. The van der Waals surface area contributed by atoms with Crippen LogP contribution in [0.3, 0.4) is 0 Å². The van der Waals surface area contributed by atoms with Crippen LogP contribution < -0.4 is 5.32 Å². The van der Waals surface area contributed by atoms with Crippen molar-refractivity contribution in [1.29, 1.82) is 0 Å². The monoisotopic (exact) mass is 442 g/mol. The number of piperidine rings is 1. The van der Waals surface area contributed by atoms with Gasteiger partial charge in [0, 0.05) is 19.1 Å². The van der Waals surface area contributed by atoms with E-state index in [0.29, 0.717) is 32.2 Å². The van der Waals surface area contributed by atoms with E-state index in [9.17, 15) is 18.3 Å². The Morgan fingerprint density at radius 1 is 0.935 bits per heavy atom. The molecule has 1 aliphatic heterocycles. The number of hydrogen-bond donors (Lipinski definition) is 2. The molecular weight excluding hydrogens is 412 g/mol. The third kappa shape index (κ3) is 5.17. The minimum Gasteiger partial charge on any atom is -0.393 e. The lowest BCUT2D eigenvalue weighted by atomic mass is 9.92. The summed E-state index contributed by atoms with van der Waals surface area (Å²) in [5.41, 5.74) is 1.82. The van der Waals surface area contributed by atoms with Crippen LogP contribution in [0.5, 0.6) is 0 Å². The van der Waals surface area contributed by atoms with E-state index in [1.807, 2.05) is 36.4 Å². The van der Waals surface area contributed by atoms with Gasteiger partial charge < -0.3 is 10.4 Å². The highest BCUT2D eigenvalue weighted by atomic mass is 32.2. The Labute approximate surface area is 184 Å². The van der Waals surface area contributed by atoms with Crippen LogP contribution in [0.4, 0.5) is 0 Å². The van der Waals surface area contributed by atoms with Gasteiger partial charge in [0.05, 0.1) is 16.9 Å². The van der Waals surface area contributed by atoms with Crippen LogP contribution in [0, 0.1) is 5.92 Å². The second kappa shape index (κ2) is 9.51. The second-order valence-electron chi connectivity index (χ2n) is 8.61. The van der Waals surface area contributed by atoms with Gasteiger partial charge in [-0.3, -0.25) is 4.79 Å². The Balaban J connectivity index is 1.45. The van der Waals surface area contributed by atoms with E-state index < -0.39 is 10.0 Å². The molecule has 0 unspecified atom stereocenters. The van der Waals surface area contributed by atoms with E-state index in [2.05, 4.69) is 5.32 Å². The molecule has 6 nitrogen and oxygen atoms in total. The zero-order chi connectivity index (χ0) is 21.8. The van der Waals surface area contributed by atoms with Crippen LogP contribution in [0.1, 0.15) is 38.5 Å². The molecular formula is C24H30N2O4S. The number of rotatable bonds is 5. The summed E-state index contributed by atoms with van der Waals surface area (Å²) in [5, 5.41) is 12.7. The Hall–Kier alpha value is -2.22. The fraction of sp³-hybridized carbons (Fsp3) is 0.458. The zero-order valence-electron chi connectivity index (χ0n) is 17.6. The first-order chi connectivity index (χ1) is 14.9. The Morgan fingerprint density at radius 3 is 2.39 bits per heavy atom. The predicted molar refractivity (Wildman–Crippen MR) is 120 cm³/mol. The molecule has 0 bridgehead atoms. The topological polar surface area (TPSA) is 86.7 Å². The van der Waals surface area contributed by atoms with Crippen molar-refractivity contribution in [3.05, 3.63) is 54.6 Å². The molecule has 1 heterocycles. The summed E-state index contributed by atoms with van der Waals surface area (Å²) in [4.78, 5) is 13.1. The van der Waals surface area contributed by atoms with Gasteiger partial charge in [-0.1, -0.05) is 42.5 Å². The summed E-state index contributed by atoms with van der Waals surface area (Å²) in [6.45, 7) is 0.635. The van der Waals surface area contributed by atoms with Gasteiger partial charge in [0.15, 0.2) is 0 Å². The van der Waals surface area contributed by atoms with Crippen LogP contribution in [-0.2, 0) is 14.8 Å². The van der Waals surface area contributed by atoms with E-state index in [1.165, 1.54) is 4.31 Å². The maximum Gasteiger partial charge on any atom is 0.243 e. The second-order valence-corrected chi connectivity index (χ2v) is 10.5. The summed E-state index contributed by atoms with van der Waals surface area (Å²) in [5.74, 6) is -0.410. The smallest absolute Gasteiger partial charge is 0.243 e. The van der Waals surface area contributed by atoms with Crippen LogP contribution >= 0.6 is 0 Å². The molecule has 2 aliphatic rings. The number of sulfonamides is 1. The molecule has 4 rings (SSSR count). The quantitative estimate of drug-likeness (QED) is 0.745. The maximum absolute atomic E-state index is 13.3. The molecule has 1 saturated heterocycles. The summed E-state index contributed by atoms with van der Waals surface area (Å²) < 4.78 is 28.1. The van der Waals surface area contributed by atoms with Crippen molar-refractivity contribution in [2.75, 3.05) is 13.1 Å². The van der Waals surface area contributed by atoms with Crippen molar-refractivity contribution in [3.63, 3.8) is 0 Å². The Kier molecular flexibility index (Phi) is 6.74. The van der Waals surface area contributed by atoms with E-state index in [0.717, 1.165) is 24.0 Å². The van der Waals surface area contributed by atoms with Crippen LogP contribution in [-0.4, -0.2) is 49.0 Å². The van der Waals surface area contributed by atoms with Gasteiger partial charge in [0.2, 0.25) is 15.9 Å². The molecule has 1 saturated carbocycles. The molecule has 1 amide bonds. The molecule has 31 heavy (non-hydrogen) atoms. The first-order valence-corrected chi connectivity index (χ1v) is 12.5. The van der Waals surface area contributed by atoms with E-state index in [1.54, 1.807) is 18.2 Å². The Morgan fingerprint density at radius 2 is 1.65 bits per heavy atom. The first kappa shape index (κ1) is 22.0. The van der Waals surface area contributed by atoms with Gasteiger partial charge in [-0.25, -0.2) is 8.42 Å². The first-order valence-electron chi connectivity index (χ1n) is 11.1. The van der Waals surface area contributed by atoms with Gasteiger partial charge in [0.25, 0.3) is 0 Å². The molecule has 2 fully saturated rings. The van der Waals surface area contributed by atoms with Crippen molar-refractivity contribution < 1.29 is 18.3 Å². The largest absolute Gasteiger partial charge is 0.393 e. The van der Waals surface area contributed by atoms with Crippen molar-refractivity contribution >= 4 is 15.9 Å². The minimum absolute atomic E-state index is 0.0701. The lowest BCUT2D eigenvalue weighted by Gasteiger charge is -2.33. The SMILES string of the molecule is O=C(N[C@H]1CC[C@H](O)CC1)[C@H]1CCCN(S(=O)(=O)c2cccc(-c3ccccc3)c2)C1. The molecule has 2 aromatic carbocycles. The summed E-state index contributed by atoms with van der Waals surface area (Å²) in [6, 6.07) is 16.8. The summed E-state index contributed by atoms with van der Waals surface area (Å²) in [6.07, 6.45) is 4.04. The number of aliphatic hydroxyl groups is 1. The third-order valence-electron chi connectivity index (χ3n) is 6.38. The van der Waals surface area contributed by atoms with Crippen molar-refractivity contribution in [2.24, 2.45) is 5.92 Å². The number of nitrogens with one attached hydrogen (secondary N) is 1. The van der Waals surface area contributed by atoms with Crippen LogP contribution in [0.2, 0.25) is 0 Å². The average Bonchev–Trinajstić information content (AvgIpc) is 2.81. The molecule has 166 valence electrons. The zero-order valence-corrected chi connectivity index (χ0v) is 18.4. The fourth-order valence-electron chi connectivity index (χ4n) is 4.53. The third-order valence-corrected chi connectivity index (χ3v) is 8.24. The van der Waals surface area contributed by atoms with Crippen molar-refractivity contribution in [1.82, 2.24) is 9.62 Å². The maximum atomic E-state index is 13.3. The van der Waals surface area contributed by atoms with Gasteiger partial charge in [-0.15, -0.1) is 0 Å². The van der Waals surface area contributed by atoms with Crippen molar-refractivity contribution in [2.45, 2.75) is 55.6 Å². The molecule has 2 N–H and O–H groups in total. The standard InChI is InChI=1S/C24H30N2O4S/c27-22-13-11-21(12-14-22)25-24(28)20-9-5-15-26(17-20)31(29,30)23-10-4-8-19(16-23)18-6-2-1-3-7-18/h1-4,6-8,10,16,20-22,27H,5,9,11-15,17H2,(H,25,28)/t20-,21-,22-/m0/s1. The minimum atomic E-state index is -3.68. The van der Waals surface area contributed by atoms with E-state index in [4.69, 9.17) is 0 Å². The number of hydrogen-bond acceptors (Lipinski definition) is 4. The highest BCUT2D eigenvalue weighted by Crippen LogP contribution is 2.28. The highest BCUT2D eigenvalue weighted by molar-refractivity contribution is 7.89. The molecule has 0 aromatic heterocycles. The number of aliphatic hydroxyl groups excluding tert-OH is 1. The van der Waals surface area contributed by atoms with E-state index >= 15 is 0 Å². The van der Waals surface area contributed by atoms with E-state index in [-0.39, 0.29) is 35.4 Å². The molecule has 0 radical (unpaired) electrons. The highest BCUT2D eigenvalue weighted by Gasteiger charge is 2.34. The average molecular weight is 443 g/mol. The molecule has 7 heteroatoms. The number of carbonyl (C=O) groups excluding carboxylic acids is 1. The fourth-order valence-corrected chi connectivity index (χ4v) is 6.10. The molecule has 1 aliphatic carbocycles. The number of nitrogens with zero attached hydrogens (tertiary/aromatic N) is 1. The molecule has 1 atom stereocenters. The Bertz CT molecular complexity index is 1000. The number of benzene rings is 2.